The van der Waals surface area contributed by atoms with Crippen LogP contribution in [0.5, 0.6) is 0 Å². The number of halogens is 1. The molecule has 0 saturated carbocycles. The highest BCUT2D eigenvalue weighted by Crippen LogP contribution is 2.36. The molecule has 0 spiro atoms. The molecule has 37 heavy (non-hydrogen) atoms. The van der Waals surface area contributed by atoms with Gasteiger partial charge in [0.25, 0.3) is 10.0 Å². The fraction of sp³-hybridized carbons (Fsp3) is 0.214. The van der Waals surface area contributed by atoms with Crippen molar-refractivity contribution in [2.45, 2.75) is 30.6 Å². The number of aryl methyl sites for hydroxylation is 1. The Morgan fingerprint density at radius 3 is 2.49 bits per heavy atom. The molecule has 0 aliphatic carbocycles. The summed E-state index contributed by atoms with van der Waals surface area (Å²) in [7, 11) is -3.86. The van der Waals surface area contributed by atoms with E-state index in [1.54, 1.807) is 36.4 Å². The second-order valence-corrected chi connectivity index (χ2v) is 11.3. The summed E-state index contributed by atoms with van der Waals surface area (Å²) in [6.45, 7) is 3.40. The first-order valence-electron chi connectivity index (χ1n) is 12.1. The Balaban J connectivity index is 1.28. The minimum absolute atomic E-state index is 0.168. The Morgan fingerprint density at radius 1 is 1.00 bits per heavy atom. The fourth-order valence-corrected chi connectivity index (χ4v) is 6.54. The van der Waals surface area contributed by atoms with Crippen molar-refractivity contribution in [3.8, 4) is 0 Å². The smallest absolute Gasteiger partial charge is 0.268 e. The van der Waals surface area contributed by atoms with E-state index in [0.29, 0.717) is 28.3 Å². The molecular formula is C28H24FN3O4S. The average Bonchev–Trinajstić information content (AvgIpc) is 3.50. The van der Waals surface area contributed by atoms with Crippen LogP contribution in [0.1, 0.15) is 40.4 Å². The number of fused-ring (bicyclic) bond motifs is 2. The molecule has 1 aliphatic rings. The van der Waals surface area contributed by atoms with E-state index in [4.69, 9.17) is 4.52 Å². The number of hydrogen-bond donors (Lipinski definition) is 0. The summed E-state index contributed by atoms with van der Waals surface area (Å²) in [6.07, 6.45) is 3.75. The maximum absolute atomic E-state index is 13.5. The second kappa shape index (κ2) is 8.85. The van der Waals surface area contributed by atoms with Crippen molar-refractivity contribution >= 4 is 43.9 Å². The maximum Gasteiger partial charge on any atom is 0.268 e. The van der Waals surface area contributed by atoms with Crippen molar-refractivity contribution in [3.63, 3.8) is 0 Å². The molecule has 9 heteroatoms. The van der Waals surface area contributed by atoms with Crippen LogP contribution in [0.2, 0.25) is 0 Å². The number of carbonyl (C=O) groups is 1. The Kier molecular flexibility index (Phi) is 5.60. The summed E-state index contributed by atoms with van der Waals surface area (Å²) >= 11 is 0. The van der Waals surface area contributed by atoms with Gasteiger partial charge in [0.05, 0.1) is 16.1 Å². The minimum Gasteiger partial charge on any atom is -0.371 e. The standard InChI is InChI=1S/C28H24FN3O4S/c1-18-2-6-23(7-3-18)37(34,35)32-16-20(17-33)25-15-22(5-9-26(25)32)31-12-10-19(11-13-31)28-24-8-4-21(29)14-27(24)36-30-28/h2-9,14-17,19H,10-13H2,1H3. The number of carbonyl (C=O) groups excluding carboxylic acids is 1. The summed E-state index contributed by atoms with van der Waals surface area (Å²) in [5.74, 6) is -0.159. The van der Waals surface area contributed by atoms with E-state index in [9.17, 15) is 17.6 Å². The van der Waals surface area contributed by atoms with Crippen molar-refractivity contribution in [2.75, 3.05) is 18.0 Å². The Hall–Kier alpha value is -3.98. The van der Waals surface area contributed by atoms with Crippen LogP contribution < -0.4 is 4.90 Å². The van der Waals surface area contributed by atoms with Crippen molar-refractivity contribution in [1.29, 1.82) is 0 Å². The van der Waals surface area contributed by atoms with Gasteiger partial charge in [-0.2, -0.15) is 0 Å². The van der Waals surface area contributed by atoms with E-state index in [-0.39, 0.29) is 16.6 Å². The van der Waals surface area contributed by atoms with Gasteiger partial charge in [-0.25, -0.2) is 16.8 Å². The highest BCUT2D eigenvalue weighted by Gasteiger charge is 2.27. The summed E-state index contributed by atoms with van der Waals surface area (Å²) in [6, 6.07) is 16.7. The Bertz CT molecular complexity index is 1750. The third-order valence-electron chi connectivity index (χ3n) is 7.20. The van der Waals surface area contributed by atoms with Gasteiger partial charge in [-0.05, 0) is 62.2 Å². The number of benzene rings is 3. The van der Waals surface area contributed by atoms with Gasteiger partial charge in [0, 0.05) is 53.3 Å². The van der Waals surface area contributed by atoms with Crippen LogP contribution in [0.15, 0.2) is 76.3 Å². The van der Waals surface area contributed by atoms with E-state index in [1.165, 1.54) is 22.3 Å². The van der Waals surface area contributed by atoms with Gasteiger partial charge < -0.3 is 9.42 Å². The topological polar surface area (TPSA) is 85.4 Å². The summed E-state index contributed by atoms with van der Waals surface area (Å²) in [4.78, 5) is 14.3. The molecule has 1 fully saturated rings. The van der Waals surface area contributed by atoms with Gasteiger partial charge in [0.1, 0.15) is 5.82 Å². The van der Waals surface area contributed by atoms with Crippen molar-refractivity contribution in [2.24, 2.45) is 0 Å². The van der Waals surface area contributed by atoms with Crippen molar-refractivity contribution in [3.05, 3.63) is 89.5 Å². The molecule has 188 valence electrons. The van der Waals surface area contributed by atoms with Gasteiger partial charge >= 0.3 is 0 Å². The molecule has 0 unspecified atom stereocenters. The van der Waals surface area contributed by atoms with Gasteiger partial charge in [0.15, 0.2) is 11.9 Å². The van der Waals surface area contributed by atoms with Crippen LogP contribution in [0.3, 0.4) is 0 Å². The number of hydrogen-bond acceptors (Lipinski definition) is 6. The molecule has 3 aromatic carbocycles. The lowest BCUT2D eigenvalue weighted by molar-refractivity contribution is 0.112. The molecule has 0 amide bonds. The molecule has 5 aromatic rings. The zero-order valence-corrected chi connectivity index (χ0v) is 20.9. The van der Waals surface area contributed by atoms with Crippen LogP contribution in [-0.2, 0) is 10.0 Å². The predicted octanol–water partition coefficient (Wildman–Crippen LogP) is 5.66. The Morgan fingerprint density at radius 2 is 1.76 bits per heavy atom. The number of aldehydes is 1. The molecular weight excluding hydrogens is 493 g/mol. The first-order valence-corrected chi connectivity index (χ1v) is 13.5. The average molecular weight is 518 g/mol. The first kappa shape index (κ1) is 23.4. The van der Waals surface area contributed by atoms with E-state index in [0.717, 1.165) is 48.3 Å². The van der Waals surface area contributed by atoms with Crippen molar-refractivity contribution < 1.29 is 22.1 Å². The number of aromatic nitrogens is 2. The van der Waals surface area contributed by atoms with E-state index < -0.39 is 10.0 Å². The number of nitrogens with zero attached hydrogens (tertiary/aromatic N) is 3. The third-order valence-corrected chi connectivity index (χ3v) is 8.89. The largest absolute Gasteiger partial charge is 0.371 e. The van der Waals surface area contributed by atoms with Gasteiger partial charge in [-0.1, -0.05) is 22.9 Å². The van der Waals surface area contributed by atoms with E-state index >= 15 is 0 Å². The summed E-state index contributed by atoms with van der Waals surface area (Å²) in [5.41, 5.74) is 3.97. The molecule has 6 rings (SSSR count). The molecule has 2 aromatic heterocycles. The summed E-state index contributed by atoms with van der Waals surface area (Å²) < 4.78 is 46.7. The normalized spacial score (nSPS) is 15.0. The highest BCUT2D eigenvalue weighted by atomic mass is 32.2. The number of rotatable bonds is 5. The molecule has 3 heterocycles. The lowest BCUT2D eigenvalue weighted by Gasteiger charge is -2.33. The maximum atomic E-state index is 13.5. The lowest BCUT2D eigenvalue weighted by atomic mass is 9.91. The van der Waals surface area contributed by atoms with E-state index in [2.05, 4.69) is 10.1 Å². The van der Waals surface area contributed by atoms with Crippen LogP contribution in [0.25, 0.3) is 21.9 Å². The van der Waals surface area contributed by atoms with Crippen LogP contribution in [-0.4, -0.2) is 36.9 Å². The predicted molar refractivity (Wildman–Crippen MR) is 139 cm³/mol. The van der Waals surface area contributed by atoms with Gasteiger partial charge in [0.2, 0.25) is 0 Å². The molecule has 0 atom stereocenters. The monoisotopic (exact) mass is 517 g/mol. The molecule has 1 saturated heterocycles. The zero-order chi connectivity index (χ0) is 25.7. The second-order valence-electron chi connectivity index (χ2n) is 9.49. The van der Waals surface area contributed by atoms with Crippen molar-refractivity contribution in [1.82, 2.24) is 9.13 Å². The van der Waals surface area contributed by atoms with Gasteiger partial charge in [-0.3, -0.25) is 4.79 Å². The molecule has 0 bridgehead atoms. The number of piperidine rings is 1. The quantitative estimate of drug-likeness (QED) is 0.280. The molecule has 0 radical (unpaired) electrons. The lowest BCUT2D eigenvalue weighted by Crippen LogP contribution is -2.33. The SMILES string of the molecule is Cc1ccc(S(=O)(=O)n2cc(C=O)c3cc(N4CCC(c5noc6cc(F)ccc56)CC4)ccc32)cc1. The minimum atomic E-state index is -3.86. The van der Waals surface area contributed by atoms with Crippen LogP contribution in [0.4, 0.5) is 10.1 Å². The fourth-order valence-electron chi connectivity index (χ4n) is 5.16. The molecule has 7 nitrogen and oxygen atoms in total. The highest BCUT2D eigenvalue weighted by molar-refractivity contribution is 7.90. The van der Waals surface area contributed by atoms with Crippen LogP contribution >= 0.6 is 0 Å². The third kappa shape index (κ3) is 3.99. The number of anilines is 1. The van der Waals surface area contributed by atoms with Crippen LogP contribution in [0, 0.1) is 12.7 Å². The zero-order valence-electron chi connectivity index (χ0n) is 20.1. The first-order chi connectivity index (χ1) is 17.8. The molecule has 0 N–H and O–H groups in total. The summed E-state index contributed by atoms with van der Waals surface area (Å²) in [5, 5.41) is 5.65. The van der Waals surface area contributed by atoms with E-state index in [1.807, 2.05) is 19.1 Å². The molecule has 1 aliphatic heterocycles. The van der Waals surface area contributed by atoms with Gasteiger partial charge in [-0.15, -0.1) is 0 Å². The Labute approximate surface area is 213 Å².